The van der Waals surface area contributed by atoms with Gasteiger partial charge in [-0.3, -0.25) is 14.5 Å². The van der Waals surface area contributed by atoms with Crippen LogP contribution in [0.2, 0.25) is 0 Å². The molecule has 1 aliphatic carbocycles. The third kappa shape index (κ3) is 7.73. The molecule has 2 saturated heterocycles. The minimum Gasteiger partial charge on any atom is -0.496 e. The molecule has 2 aromatic carbocycles. The molecule has 2 N–H and O–H groups in total. The minimum absolute atomic E-state index is 0.0448. The van der Waals surface area contributed by atoms with Gasteiger partial charge in [0.05, 0.1) is 12.7 Å². The Hall–Kier alpha value is -4.11. The summed E-state index contributed by atoms with van der Waals surface area (Å²) in [6, 6.07) is 18.4. The zero-order chi connectivity index (χ0) is 32.9. The van der Waals surface area contributed by atoms with Crippen molar-refractivity contribution in [2.45, 2.75) is 65.1 Å². The number of nitrogens with one attached hydrogen (secondary N) is 2. The molecular weight excluding hydrogens is 588 g/mol. The molecule has 0 spiro atoms. The second-order valence-corrected chi connectivity index (χ2v) is 13.9. The van der Waals surface area contributed by atoms with E-state index in [0.29, 0.717) is 35.5 Å². The molecule has 3 aliphatic rings. The van der Waals surface area contributed by atoms with Gasteiger partial charge >= 0.3 is 0 Å². The van der Waals surface area contributed by atoms with Gasteiger partial charge in [0.1, 0.15) is 11.6 Å². The molecule has 1 aromatic heterocycles. The first-order valence-corrected chi connectivity index (χ1v) is 17.3. The largest absolute Gasteiger partial charge is 0.496 e. The number of anilines is 2. The van der Waals surface area contributed by atoms with E-state index in [1.807, 2.05) is 37.3 Å². The number of hydrogen-bond donors (Lipinski definition) is 2. The quantitative estimate of drug-likeness (QED) is 0.312. The molecule has 3 unspecified atom stereocenters. The van der Waals surface area contributed by atoms with Crippen LogP contribution in [0.4, 0.5) is 11.5 Å². The van der Waals surface area contributed by atoms with Crippen LogP contribution in [-0.4, -0.2) is 80.2 Å². The maximum atomic E-state index is 13.2. The number of rotatable bonds is 10. The predicted octanol–water partition coefficient (Wildman–Crippen LogP) is 5.28. The lowest BCUT2D eigenvalue weighted by Gasteiger charge is -2.38. The number of aromatic nitrogens is 1. The maximum absolute atomic E-state index is 13.2. The van der Waals surface area contributed by atoms with Crippen LogP contribution >= 0.6 is 0 Å². The van der Waals surface area contributed by atoms with Gasteiger partial charge in [0.15, 0.2) is 0 Å². The second-order valence-electron chi connectivity index (χ2n) is 13.9. The van der Waals surface area contributed by atoms with Crippen LogP contribution in [0, 0.1) is 18.8 Å². The number of carbonyl (C=O) groups is 2. The number of carbonyl (C=O) groups excluding carboxylic acids is 2. The fourth-order valence-electron chi connectivity index (χ4n) is 7.74. The van der Waals surface area contributed by atoms with Gasteiger partial charge in [-0.25, -0.2) is 4.98 Å². The zero-order valence-electron chi connectivity index (χ0n) is 28.4. The Bertz CT molecular complexity index is 1520. The Morgan fingerprint density at radius 1 is 0.957 bits per heavy atom. The summed E-state index contributed by atoms with van der Waals surface area (Å²) in [5, 5.41) is 6.36. The number of fused-ring (bicyclic) bond motifs is 1. The number of hydrogen-bond acceptors (Lipinski definition) is 7. The van der Waals surface area contributed by atoms with E-state index in [1.165, 1.54) is 5.69 Å². The van der Waals surface area contributed by atoms with Crippen molar-refractivity contribution in [1.82, 2.24) is 20.5 Å². The van der Waals surface area contributed by atoms with Crippen molar-refractivity contribution in [1.29, 1.82) is 0 Å². The van der Waals surface area contributed by atoms with E-state index < -0.39 is 0 Å². The van der Waals surface area contributed by atoms with Gasteiger partial charge in [-0.1, -0.05) is 32.0 Å². The van der Waals surface area contributed by atoms with Gasteiger partial charge in [0.2, 0.25) is 0 Å². The van der Waals surface area contributed by atoms with Gasteiger partial charge in [0, 0.05) is 80.9 Å². The van der Waals surface area contributed by atoms with E-state index in [1.54, 1.807) is 13.3 Å². The third-order valence-electron chi connectivity index (χ3n) is 10.2. The highest BCUT2D eigenvalue weighted by atomic mass is 16.5. The molecule has 2 amide bonds. The monoisotopic (exact) mass is 638 g/mol. The molecule has 0 radical (unpaired) electrons. The lowest BCUT2D eigenvalue weighted by atomic mass is 9.92. The topological polar surface area (TPSA) is 90.0 Å². The summed E-state index contributed by atoms with van der Waals surface area (Å²) in [4.78, 5) is 38.3. The van der Waals surface area contributed by atoms with Gasteiger partial charge in [-0.05, 0) is 86.4 Å². The molecule has 3 aromatic rings. The van der Waals surface area contributed by atoms with Crippen LogP contribution in [0.1, 0.15) is 71.4 Å². The molecular formula is C38H50N6O3. The summed E-state index contributed by atoms with van der Waals surface area (Å²) in [5.74, 6) is 2.66. The standard InChI is InChI=1S/C38H50N6O3/c1-26(2)25-42-17-19-43(20-18-42)32-13-10-28(11-14-32)23-40-37(45)30-12-15-36(39-24-30)44-16-6-7-29-21-31(22-34(29)44)41-38(46)33-8-5-9-35(47-4)27(33)3/h5,8-15,24,26,29,31,34H,6-7,16-23,25H2,1-4H3,(H,40,45)(H,41,46). The van der Waals surface area contributed by atoms with E-state index in [9.17, 15) is 9.59 Å². The van der Waals surface area contributed by atoms with Crippen molar-refractivity contribution in [3.05, 3.63) is 83.0 Å². The Morgan fingerprint density at radius 3 is 2.45 bits per heavy atom. The smallest absolute Gasteiger partial charge is 0.253 e. The van der Waals surface area contributed by atoms with Crippen molar-refractivity contribution >= 4 is 23.3 Å². The van der Waals surface area contributed by atoms with Crippen LogP contribution in [0.3, 0.4) is 0 Å². The van der Waals surface area contributed by atoms with E-state index >= 15 is 0 Å². The van der Waals surface area contributed by atoms with Crippen LogP contribution < -0.4 is 25.2 Å². The predicted molar refractivity (Wildman–Crippen MR) is 187 cm³/mol. The molecule has 3 fully saturated rings. The lowest BCUT2D eigenvalue weighted by molar-refractivity contribution is 0.0932. The number of ether oxygens (including phenoxy) is 1. The molecule has 6 rings (SSSR count). The number of amides is 2. The minimum atomic E-state index is -0.123. The highest BCUT2D eigenvalue weighted by molar-refractivity contribution is 5.96. The number of methoxy groups -OCH3 is 1. The normalized spacial score (nSPS) is 21.4. The van der Waals surface area contributed by atoms with E-state index in [0.717, 1.165) is 87.6 Å². The molecule has 9 nitrogen and oxygen atoms in total. The maximum Gasteiger partial charge on any atom is 0.253 e. The van der Waals surface area contributed by atoms with Crippen molar-refractivity contribution in [3.8, 4) is 5.75 Å². The van der Waals surface area contributed by atoms with E-state index in [2.05, 4.69) is 63.4 Å². The van der Waals surface area contributed by atoms with Gasteiger partial charge in [0.25, 0.3) is 11.8 Å². The molecule has 3 atom stereocenters. The summed E-state index contributed by atoms with van der Waals surface area (Å²) < 4.78 is 5.41. The van der Waals surface area contributed by atoms with Crippen LogP contribution in [0.25, 0.3) is 0 Å². The summed E-state index contributed by atoms with van der Waals surface area (Å²) in [5.41, 5.74) is 4.40. The summed E-state index contributed by atoms with van der Waals surface area (Å²) in [6.45, 7) is 13.3. The first-order chi connectivity index (χ1) is 22.8. The fraction of sp³-hybridized carbons (Fsp3) is 0.500. The van der Waals surface area contributed by atoms with E-state index in [-0.39, 0.29) is 17.9 Å². The molecule has 3 heterocycles. The Labute approximate surface area is 279 Å². The van der Waals surface area contributed by atoms with Gasteiger partial charge in [-0.15, -0.1) is 0 Å². The Kier molecular flexibility index (Phi) is 10.3. The van der Waals surface area contributed by atoms with Crippen molar-refractivity contribution in [2.75, 3.05) is 56.2 Å². The molecule has 9 heteroatoms. The number of piperidine rings is 1. The van der Waals surface area contributed by atoms with Crippen LogP contribution in [0.5, 0.6) is 5.75 Å². The fourth-order valence-corrected chi connectivity index (χ4v) is 7.74. The average Bonchev–Trinajstić information content (AvgIpc) is 3.50. The summed E-state index contributed by atoms with van der Waals surface area (Å²) in [7, 11) is 1.63. The average molecular weight is 639 g/mol. The zero-order valence-corrected chi connectivity index (χ0v) is 28.4. The van der Waals surface area contributed by atoms with Gasteiger partial charge in [-0.2, -0.15) is 0 Å². The molecule has 2 aliphatic heterocycles. The number of pyridine rings is 1. The first kappa shape index (κ1) is 32.8. The SMILES string of the molecule is COc1cccc(C(=O)NC2CC3CCCN(c4ccc(C(=O)NCc5ccc(N6CCN(CC(C)C)CC6)cc5)cn4)C3C2)c1C. The van der Waals surface area contributed by atoms with Crippen molar-refractivity contribution < 1.29 is 14.3 Å². The van der Waals surface area contributed by atoms with Gasteiger partial charge < -0.3 is 25.2 Å². The lowest BCUT2D eigenvalue weighted by Crippen LogP contribution is -2.47. The molecule has 47 heavy (non-hydrogen) atoms. The van der Waals surface area contributed by atoms with E-state index in [4.69, 9.17) is 9.72 Å². The number of piperazine rings is 1. The highest BCUT2D eigenvalue weighted by Crippen LogP contribution is 2.39. The Balaban J connectivity index is 0.999. The summed E-state index contributed by atoms with van der Waals surface area (Å²) in [6.07, 6.45) is 5.79. The third-order valence-corrected chi connectivity index (χ3v) is 10.2. The van der Waals surface area contributed by atoms with Crippen molar-refractivity contribution in [2.24, 2.45) is 11.8 Å². The van der Waals surface area contributed by atoms with Crippen molar-refractivity contribution in [3.63, 3.8) is 0 Å². The first-order valence-electron chi connectivity index (χ1n) is 17.3. The molecule has 250 valence electrons. The summed E-state index contributed by atoms with van der Waals surface area (Å²) >= 11 is 0. The Morgan fingerprint density at radius 2 is 1.74 bits per heavy atom. The highest BCUT2D eigenvalue weighted by Gasteiger charge is 2.41. The molecule has 0 bridgehead atoms. The number of nitrogens with zero attached hydrogens (tertiary/aromatic N) is 4. The number of benzene rings is 2. The molecule has 1 saturated carbocycles. The van der Waals surface area contributed by atoms with Crippen LogP contribution in [-0.2, 0) is 6.54 Å². The second kappa shape index (κ2) is 14.8. The van der Waals surface area contributed by atoms with Crippen LogP contribution in [0.15, 0.2) is 60.8 Å².